The van der Waals surface area contributed by atoms with E-state index in [0.717, 1.165) is 31.7 Å². The predicted molar refractivity (Wildman–Crippen MR) is 104 cm³/mol. The summed E-state index contributed by atoms with van der Waals surface area (Å²) < 4.78 is 5.59. The van der Waals surface area contributed by atoms with Gasteiger partial charge in [0.05, 0.1) is 0 Å². The molecule has 134 valence electrons. The van der Waals surface area contributed by atoms with Crippen LogP contribution in [0.25, 0.3) is 10.9 Å². The fourth-order valence-corrected chi connectivity index (χ4v) is 3.69. The van der Waals surface area contributed by atoms with Gasteiger partial charge in [0.25, 0.3) is 5.91 Å². The molecular weight excluding hydrogens is 324 g/mol. The molecule has 1 aromatic heterocycles. The second kappa shape index (κ2) is 7.24. The molecule has 1 fully saturated rings. The fourth-order valence-electron chi connectivity index (χ4n) is 3.69. The Balaban J connectivity index is 1.33. The fraction of sp³-hybridized carbons (Fsp3) is 0.318. The Labute approximate surface area is 153 Å². The van der Waals surface area contributed by atoms with Gasteiger partial charge in [-0.2, -0.15) is 0 Å². The van der Waals surface area contributed by atoms with Gasteiger partial charge in [0.1, 0.15) is 5.75 Å². The topological polar surface area (TPSA) is 45.3 Å². The van der Waals surface area contributed by atoms with Crippen LogP contribution in [0.2, 0.25) is 0 Å². The number of piperidine rings is 1. The number of para-hydroxylation sites is 1. The quantitative estimate of drug-likeness (QED) is 0.766. The van der Waals surface area contributed by atoms with E-state index in [1.165, 1.54) is 22.2 Å². The highest BCUT2D eigenvalue weighted by molar-refractivity contribution is 5.81. The third-order valence-corrected chi connectivity index (χ3v) is 5.19. The number of amides is 1. The van der Waals surface area contributed by atoms with E-state index in [1.807, 2.05) is 35.2 Å². The molecule has 0 bridgehead atoms. The molecule has 1 N–H and O–H groups in total. The van der Waals surface area contributed by atoms with Crippen LogP contribution in [0, 0.1) is 6.92 Å². The normalized spacial score (nSPS) is 15.3. The van der Waals surface area contributed by atoms with Crippen LogP contribution in [0.1, 0.15) is 30.0 Å². The molecule has 26 heavy (non-hydrogen) atoms. The van der Waals surface area contributed by atoms with Crippen LogP contribution in [0.3, 0.4) is 0 Å². The number of fused-ring (bicyclic) bond motifs is 1. The van der Waals surface area contributed by atoms with E-state index in [9.17, 15) is 4.79 Å². The summed E-state index contributed by atoms with van der Waals surface area (Å²) in [5, 5.41) is 1.27. The first-order chi connectivity index (χ1) is 12.7. The number of carbonyl (C=O) groups is 1. The standard InChI is InChI=1S/C22H24N2O2/c1-16-7-8-20-18(13-16)14-21(23-20)17-9-11-24(12-10-17)22(25)15-26-19-5-3-2-4-6-19/h2-8,13-14,17,23H,9-12,15H2,1H3. The molecule has 4 nitrogen and oxygen atoms in total. The maximum absolute atomic E-state index is 12.4. The number of carbonyl (C=O) groups excluding carboxylic acids is 1. The van der Waals surface area contributed by atoms with E-state index in [1.54, 1.807) is 0 Å². The van der Waals surface area contributed by atoms with Crippen LogP contribution in [0.15, 0.2) is 54.6 Å². The molecule has 0 saturated carbocycles. The molecule has 1 amide bonds. The highest BCUT2D eigenvalue weighted by Crippen LogP contribution is 2.30. The zero-order valence-electron chi connectivity index (χ0n) is 15.1. The number of nitrogens with zero attached hydrogens (tertiary/aromatic N) is 1. The zero-order chi connectivity index (χ0) is 17.9. The van der Waals surface area contributed by atoms with Gasteiger partial charge in [-0.25, -0.2) is 0 Å². The second-order valence-corrected chi connectivity index (χ2v) is 7.07. The number of aromatic amines is 1. The van der Waals surface area contributed by atoms with Crippen molar-refractivity contribution in [3.8, 4) is 5.75 Å². The summed E-state index contributed by atoms with van der Waals surface area (Å²) in [4.78, 5) is 17.9. The minimum absolute atomic E-state index is 0.0691. The monoisotopic (exact) mass is 348 g/mol. The summed E-state index contributed by atoms with van der Waals surface area (Å²) in [6.45, 7) is 3.81. The summed E-state index contributed by atoms with van der Waals surface area (Å²) in [6.07, 6.45) is 1.98. The van der Waals surface area contributed by atoms with Crippen LogP contribution in [0.5, 0.6) is 5.75 Å². The summed E-state index contributed by atoms with van der Waals surface area (Å²) in [5.41, 5.74) is 3.76. The minimum atomic E-state index is 0.0691. The number of H-pyrrole nitrogens is 1. The lowest BCUT2D eigenvalue weighted by atomic mass is 9.93. The first-order valence-corrected chi connectivity index (χ1v) is 9.24. The lowest BCUT2D eigenvalue weighted by molar-refractivity contribution is -0.134. The van der Waals surface area contributed by atoms with Crippen molar-refractivity contribution in [1.82, 2.24) is 9.88 Å². The van der Waals surface area contributed by atoms with Gasteiger partial charge in [0, 0.05) is 30.2 Å². The molecule has 0 aliphatic carbocycles. The predicted octanol–water partition coefficient (Wildman–Crippen LogP) is 4.26. The van der Waals surface area contributed by atoms with Crippen molar-refractivity contribution in [3.05, 3.63) is 65.9 Å². The first-order valence-electron chi connectivity index (χ1n) is 9.24. The average molecular weight is 348 g/mol. The molecule has 0 unspecified atom stereocenters. The number of benzene rings is 2. The van der Waals surface area contributed by atoms with E-state index in [4.69, 9.17) is 4.74 Å². The SMILES string of the molecule is Cc1ccc2[nH]c(C3CCN(C(=O)COc4ccccc4)CC3)cc2c1. The van der Waals surface area contributed by atoms with Crippen molar-refractivity contribution in [2.75, 3.05) is 19.7 Å². The molecule has 2 heterocycles. The number of hydrogen-bond donors (Lipinski definition) is 1. The first kappa shape index (κ1) is 16.7. The van der Waals surface area contributed by atoms with E-state index in [0.29, 0.717) is 5.92 Å². The number of ether oxygens (including phenoxy) is 1. The molecule has 4 heteroatoms. The Morgan fingerprint density at radius 1 is 1.12 bits per heavy atom. The Morgan fingerprint density at radius 3 is 2.65 bits per heavy atom. The van der Waals surface area contributed by atoms with Crippen molar-refractivity contribution in [2.24, 2.45) is 0 Å². The molecule has 4 rings (SSSR count). The number of rotatable bonds is 4. The maximum Gasteiger partial charge on any atom is 0.260 e. The molecule has 1 saturated heterocycles. The van der Waals surface area contributed by atoms with E-state index >= 15 is 0 Å². The van der Waals surface area contributed by atoms with Gasteiger partial charge in [0.15, 0.2) is 6.61 Å². The van der Waals surface area contributed by atoms with Crippen LogP contribution in [-0.2, 0) is 4.79 Å². The van der Waals surface area contributed by atoms with E-state index < -0.39 is 0 Å². The average Bonchev–Trinajstić information content (AvgIpc) is 3.10. The molecule has 1 aliphatic rings. The number of aryl methyl sites for hydroxylation is 1. The molecule has 2 aromatic carbocycles. The molecule has 0 spiro atoms. The van der Waals surface area contributed by atoms with Gasteiger partial charge in [-0.05, 0) is 55.5 Å². The highest BCUT2D eigenvalue weighted by Gasteiger charge is 2.25. The smallest absolute Gasteiger partial charge is 0.260 e. The minimum Gasteiger partial charge on any atom is -0.484 e. The Bertz CT molecular complexity index is 893. The molecule has 1 aliphatic heterocycles. The third-order valence-electron chi connectivity index (χ3n) is 5.19. The summed E-state index contributed by atoms with van der Waals surface area (Å²) in [5.74, 6) is 1.30. The van der Waals surface area contributed by atoms with Crippen molar-refractivity contribution in [1.29, 1.82) is 0 Å². The zero-order valence-corrected chi connectivity index (χ0v) is 15.1. The van der Waals surface area contributed by atoms with Gasteiger partial charge < -0.3 is 14.6 Å². The van der Waals surface area contributed by atoms with Crippen molar-refractivity contribution >= 4 is 16.8 Å². The van der Waals surface area contributed by atoms with Crippen molar-refractivity contribution < 1.29 is 9.53 Å². The Kier molecular flexibility index (Phi) is 4.65. The van der Waals surface area contributed by atoms with E-state index in [-0.39, 0.29) is 12.5 Å². The van der Waals surface area contributed by atoms with Crippen LogP contribution >= 0.6 is 0 Å². The van der Waals surface area contributed by atoms with Crippen LogP contribution in [0.4, 0.5) is 0 Å². The lowest BCUT2D eigenvalue weighted by Gasteiger charge is -2.31. The summed E-state index contributed by atoms with van der Waals surface area (Å²) in [7, 11) is 0. The van der Waals surface area contributed by atoms with Gasteiger partial charge in [0.2, 0.25) is 0 Å². The Hall–Kier alpha value is -2.75. The van der Waals surface area contributed by atoms with E-state index in [2.05, 4.69) is 36.2 Å². The van der Waals surface area contributed by atoms with Crippen LogP contribution < -0.4 is 4.74 Å². The second-order valence-electron chi connectivity index (χ2n) is 7.07. The van der Waals surface area contributed by atoms with Gasteiger partial charge in [-0.15, -0.1) is 0 Å². The van der Waals surface area contributed by atoms with Crippen molar-refractivity contribution in [3.63, 3.8) is 0 Å². The van der Waals surface area contributed by atoms with Crippen molar-refractivity contribution in [2.45, 2.75) is 25.7 Å². The lowest BCUT2D eigenvalue weighted by Crippen LogP contribution is -2.40. The third kappa shape index (κ3) is 3.59. The van der Waals surface area contributed by atoms with Gasteiger partial charge in [-0.1, -0.05) is 29.8 Å². The number of likely N-dealkylation sites (tertiary alicyclic amines) is 1. The summed E-state index contributed by atoms with van der Waals surface area (Å²) in [6, 6.07) is 18.3. The molecular formula is C22H24N2O2. The van der Waals surface area contributed by atoms with Gasteiger partial charge in [-0.3, -0.25) is 4.79 Å². The molecule has 3 aromatic rings. The molecule has 0 atom stereocenters. The number of aromatic nitrogens is 1. The van der Waals surface area contributed by atoms with Crippen LogP contribution in [-0.4, -0.2) is 35.5 Å². The van der Waals surface area contributed by atoms with Gasteiger partial charge >= 0.3 is 0 Å². The largest absolute Gasteiger partial charge is 0.484 e. The Morgan fingerprint density at radius 2 is 1.88 bits per heavy atom. The number of nitrogens with one attached hydrogen (secondary N) is 1. The highest BCUT2D eigenvalue weighted by atomic mass is 16.5. The summed E-state index contributed by atoms with van der Waals surface area (Å²) >= 11 is 0. The maximum atomic E-state index is 12.4. The molecule has 0 radical (unpaired) electrons. The number of hydrogen-bond acceptors (Lipinski definition) is 2.